The van der Waals surface area contributed by atoms with Crippen molar-refractivity contribution >= 4 is 48.0 Å². The molecule has 1 aromatic rings. The Morgan fingerprint density at radius 3 is 2.74 bits per heavy atom. The molecule has 3 N–H and O–H groups in total. The third-order valence-electron chi connectivity index (χ3n) is 3.93. The Hall–Kier alpha value is -0.880. The van der Waals surface area contributed by atoms with Gasteiger partial charge < -0.3 is 20.7 Å². The summed E-state index contributed by atoms with van der Waals surface area (Å²) in [6.45, 7) is 6.03. The highest BCUT2D eigenvalue weighted by atomic mass is 35.5. The molecule has 1 unspecified atom stereocenters. The van der Waals surface area contributed by atoms with E-state index in [9.17, 15) is 4.79 Å². The minimum absolute atomic E-state index is 0. The number of benzene rings is 1. The van der Waals surface area contributed by atoms with Crippen molar-refractivity contribution in [2.75, 3.05) is 39.0 Å². The van der Waals surface area contributed by atoms with Gasteiger partial charge in [-0.25, -0.2) is 0 Å². The Kier molecular flexibility index (Phi) is 9.70. The first-order valence-corrected chi connectivity index (χ1v) is 7.56. The number of likely N-dealkylation sites (tertiary alicyclic amines) is 1. The van der Waals surface area contributed by atoms with Crippen LogP contribution in [0.25, 0.3) is 0 Å². The molecule has 2 rings (SSSR count). The quantitative estimate of drug-likeness (QED) is 0.766. The number of hydrogen-bond donors (Lipinski definition) is 2. The summed E-state index contributed by atoms with van der Waals surface area (Å²) in [5.41, 5.74) is 6.54. The number of nitrogen functional groups attached to an aromatic ring is 1. The second-order valence-corrected chi connectivity index (χ2v) is 5.74. The van der Waals surface area contributed by atoms with Crippen LogP contribution in [-0.2, 0) is 0 Å². The molecule has 1 heterocycles. The molecule has 1 aliphatic heterocycles. The second-order valence-electron chi connectivity index (χ2n) is 5.33. The number of ether oxygens (including phenoxy) is 1. The van der Waals surface area contributed by atoms with Gasteiger partial charge in [-0.3, -0.25) is 4.79 Å². The topological polar surface area (TPSA) is 67.6 Å². The molecule has 1 aromatic carbocycles. The summed E-state index contributed by atoms with van der Waals surface area (Å²) in [4.78, 5) is 14.7. The number of hydrogen-bond acceptors (Lipinski definition) is 4. The van der Waals surface area contributed by atoms with Crippen LogP contribution in [0.4, 0.5) is 5.69 Å². The lowest BCUT2D eigenvalue weighted by Gasteiger charge is -2.15. The third-order valence-corrected chi connectivity index (χ3v) is 4.26. The molecule has 23 heavy (non-hydrogen) atoms. The van der Waals surface area contributed by atoms with Crippen LogP contribution < -0.4 is 15.8 Å². The zero-order valence-corrected chi connectivity index (χ0v) is 15.7. The summed E-state index contributed by atoms with van der Waals surface area (Å²) in [5.74, 6) is 0.767. The molecule has 8 heteroatoms. The van der Waals surface area contributed by atoms with E-state index in [-0.39, 0.29) is 30.7 Å². The van der Waals surface area contributed by atoms with Crippen LogP contribution in [0.2, 0.25) is 5.02 Å². The smallest absolute Gasteiger partial charge is 0.255 e. The Bertz CT molecular complexity index is 529. The van der Waals surface area contributed by atoms with Gasteiger partial charge in [0.1, 0.15) is 5.75 Å². The van der Waals surface area contributed by atoms with Crippen molar-refractivity contribution in [2.24, 2.45) is 5.92 Å². The van der Waals surface area contributed by atoms with Crippen LogP contribution in [0.5, 0.6) is 5.75 Å². The first-order valence-electron chi connectivity index (χ1n) is 7.18. The van der Waals surface area contributed by atoms with Crippen LogP contribution in [-0.4, -0.2) is 44.1 Å². The molecule has 0 saturated carbocycles. The van der Waals surface area contributed by atoms with Crippen LogP contribution in [0.15, 0.2) is 12.1 Å². The van der Waals surface area contributed by atoms with Gasteiger partial charge in [-0.1, -0.05) is 18.5 Å². The highest BCUT2D eigenvalue weighted by molar-refractivity contribution is 6.33. The fourth-order valence-corrected chi connectivity index (χ4v) is 2.78. The van der Waals surface area contributed by atoms with Gasteiger partial charge in [-0.2, -0.15) is 0 Å². The first kappa shape index (κ1) is 22.1. The van der Waals surface area contributed by atoms with Crippen molar-refractivity contribution in [2.45, 2.75) is 13.3 Å². The van der Waals surface area contributed by atoms with Gasteiger partial charge in [0.25, 0.3) is 5.91 Å². The van der Waals surface area contributed by atoms with E-state index >= 15 is 0 Å². The average Bonchev–Trinajstić information content (AvgIpc) is 2.95. The molecule has 1 atom stereocenters. The molecular weight excluding hydrogens is 361 g/mol. The van der Waals surface area contributed by atoms with Gasteiger partial charge in [-0.15, -0.1) is 24.8 Å². The number of rotatable bonds is 5. The van der Waals surface area contributed by atoms with Crippen LogP contribution in [0, 0.1) is 5.92 Å². The number of methoxy groups -OCH3 is 1. The van der Waals surface area contributed by atoms with Crippen molar-refractivity contribution in [3.63, 3.8) is 0 Å². The number of nitrogens with one attached hydrogen (secondary N) is 1. The maximum absolute atomic E-state index is 12.3. The highest BCUT2D eigenvalue weighted by Gasteiger charge is 2.22. The molecule has 5 nitrogen and oxygen atoms in total. The van der Waals surface area contributed by atoms with Gasteiger partial charge in [-0.05, 0) is 31.5 Å². The third kappa shape index (κ3) is 5.60. The molecular formula is C15H24Cl3N3O2. The van der Waals surface area contributed by atoms with Crippen molar-refractivity contribution in [3.8, 4) is 5.75 Å². The summed E-state index contributed by atoms with van der Waals surface area (Å²) >= 11 is 5.98. The van der Waals surface area contributed by atoms with Crippen LogP contribution >= 0.6 is 36.4 Å². The molecule has 0 aliphatic carbocycles. The van der Waals surface area contributed by atoms with Gasteiger partial charge in [0, 0.05) is 19.2 Å². The molecule has 1 fully saturated rings. The Balaban J connectivity index is 0.00000242. The standard InChI is InChI=1S/C15H22ClN3O2.2ClH/c1-3-19-5-4-10(9-19)8-18-15(20)11-6-12(16)13(17)7-14(11)21-2;;/h6-7,10H,3-5,8-9,17H2,1-2H3,(H,18,20);2*1H. The fraction of sp³-hybridized carbons (Fsp3) is 0.533. The number of carbonyl (C=O) groups excluding carboxylic acids is 1. The normalized spacial score (nSPS) is 17.1. The fourth-order valence-electron chi connectivity index (χ4n) is 2.61. The Labute approximate surface area is 154 Å². The summed E-state index contributed by atoms with van der Waals surface area (Å²) in [7, 11) is 1.51. The molecule has 0 spiro atoms. The molecule has 0 aromatic heterocycles. The zero-order chi connectivity index (χ0) is 15.4. The van der Waals surface area contributed by atoms with Crippen molar-refractivity contribution in [1.29, 1.82) is 0 Å². The lowest BCUT2D eigenvalue weighted by atomic mass is 10.1. The predicted octanol–water partition coefficient (Wildman–Crippen LogP) is 2.85. The summed E-state index contributed by atoms with van der Waals surface area (Å²) < 4.78 is 5.20. The molecule has 0 bridgehead atoms. The van der Waals surface area contributed by atoms with Gasteiger partial charge in [0.15, 0.2) is 0 Å². The number of halogens is 3. The van der Waals surface area contributed by atoms with Crippen molar-refractivity contribution in [3.05, 3.63) is 22.7 Å². The maximum atomic E-state index is 12.3. The van der Waals surface area contributed by atoms with Crippen molar-refractivity contribution in [1.82, 2.24) is 10.2 Å². The maximum Gasteiger partial charge on any atom is 0.255 e. The van der Waals surface area contributed by atoms with Gasteiger partial charge >= 0.3 is 0 Å². The summed E-state index contributed by atoms with van der Waals surface area (Å²) in [6.07, 6.45) is 1.12. The van der Waals surface area contributed by atoms with E-state index in [0.29, 0.717) is 34.5 Å². The lowest BCUT2D eigenvalue weighted by molar-refractivity contribution is 0.0944. The first-order chi connectivity index (χ1) is 10.0. The number of anilines is 1. The number of nitrogens with zero attached hydrogens (tertiary/aromatic N) is 1. The number of amides is 1. The number of nitrogens with two attached hydrogens (primary N) is 1. The molecule has 1 amide bonds. The minimum Gasteiger partial charge on any atom is -0.496 e. The SMILES string of the molecule is CCN1CCC(CNC(=O)c2cc(Cl)c(N)cc2OC)C1.Cl.Cl. The van der Waals surface area contributed by atoms with E-state index in [1.165, 1.54) is 7.11 Å². The van der Waals surface area contributed by atoms with E-state index < -0.39 is 0 Å². The van der Waals surface area contributed by atoms with Gasteiger partial charge in [0.05, 0.1) is 23.4 Å². The Morgan fingerprint density at radius 2 is 2.17 bits per heavy atom. The van der Waals surface area contributed by atoms with E-state index in [4.69, 9.17) is 22.1 Å². The molecule has 132 valence electrons. The van der Waals surface area contributed by atoms with Crippen LogP contribution in [0.1, 0.15) is 23.7 Å². The average molecular weight is 385 g/mol. The van der Waals surface area contributed by atoms with E-state index in [2.05, 4.69) is 17.1 Å². The molecule has 1 saturated heterocycles. The largest absolute Gasteiger partial charge is 0.496 e. The highest BCUT2D eigenvalue weighted by Crippen LogP contribution is 2.28. The monoisotopic (exact) mass is 383 g/mol. The predicted molar refractivity (Wildman–Crippen MR) is 99.5 cm³/mol. The number of carbonyl (C=O) groups is 1. The van der Waals surface area contributed by atoms with Crippen molar-refractivity contribution < 1.29 is 9.53 Å². The minimum atomic E-state index is -0.177. The van der Waals surface area contributed by atoms with E-state index in [0.717, 1.165) is 26.1 Å². The Morgan fingerprint density at radius 1 is 1.48 bits per heavy atom. The zero-order valence-electron chi connectivity index (χ0n) is 13.3. The summed E-state index contributed by atoms with van der Waals surface area (Å²) in [5, 5.41) is 3.32. The van der Waals surface area contributed by atoms with E-state index in [1.807, 2.05) is 0 Å². The lowest BCUT2D eigenvalue weighted by Crippen LogP contribution is -2.31. The molecule has 1 aliphatic rings. The summed E-state index contributed by atoms with van der Waals surface area (Å²) in [6, 6.07) is 3.13. The van der Waals surface area contributed by atoms with Crippen LogP contribution in [0.3, 0.4) is 0 Å². The molecule has 0 radical (unpaired) electrons. The van der Waals surface area contributed by atoms with Gasteiger partial charge in [0.2, 0.25) is 0 Å². The van der Waals surface area contributed by atoms with E-state index in [1.54, 1.807) is 12.1 Å². The second kappa shape index (κ2) is 10.1.